The standard InChI is InChI=1S/C23H30N4O4S/c1-17(26-32(30,31)22-13-9-19(10-14-22)24-18(2)28)23(29)25-20-7-11-21(12-8-20)27-15-5-3-4-6-16-27/h7-14,17,26H,3-6,15-16H2,1-2H3,(H,24,28)(H,25,29)/t17-/m0/s1. The largest absolute Gasteiger partial charge is 0.372 e. The van der Waals surface area contributed by atoms with Crippen molar-refractivity contribution < 1.29 is 18.0 Å². The highest BCUT2D eigenvalue weighted by molar-refractivity contribution is 7.89. The first-order valence-electron chi connectivity index (χ1n) is 10.8. The van der Waals surface area contributed by atoms with Crippen LogP contribution >= 0.6 is 0 Å². The van der Waals surface area contributed by atoms with Gasteiger partial charge in [0.1, 0.15) is 0 Å². The average Bonchev–Trinajstić information content (AvgIpc) is 3.03. The molecular weight excluding hydrogens is 428 g/mol. The van der Waals surface area contributed by atoms with Gasteiger partial charge in [0.2, 0.25) is 21.8 Å². The molecule has 1 saturated heterocycles. The topological polar surface area (TPSA) is 108 Å². The average molecular weight is 459 g/mol. The van der Waals surface area contributed by atoms with Gasteiger partial charge in [-0.05, 0) is 68.3 Å². The molecule has 32 heavy (non-hydrogen) atoms. The van der Waals surface area contributed by atoms with Crippen molar-refractivity contribution in [2.24, 2.45) is 0 Å². The quantitative estimate of drug-likeness (QED) is 0.590. The molecule has 0 unspecified atom stereocenters. The molecule has 2 amide bonds. The number of rotatable bonds is 7. The fourth-order valence-corrected chi connectivity index (χ4v) is 4.81. The van der Waals surface area contributed by atoms with Crippen LogP contribution in [0.4, 0.5) is 17.1 Å². The Balaban J connectivity index is 1.58. The first-order chi connectivity index (χ1) is 15.2. The van der Waals surface area contributed by atoms with Crippen LogP contribution in [0.5, 0.6) is 0 Å². The predicted octanol–water partition coefficient (Wildman–Crippen LogP) is 3.33. The lowest BCUT2D eigenvalue weighted by molar-refractivity contribution is -0.117. The number of hydrogen-bond acceptors (Lipinski definition) is 5. The third kappa shape index (κ3) is 6.54. The highest BCUT2D eigenvalue weighted by atomic mass is 32.2. The van der Waals surface area contributed by atoms with Gasteiger partial charge in [-0.3, -0.25) is 9.59 Å². The third-order valence-electron chi connectivity index (χ3n) is 5.32. The number of amides is 2. The van der Waals surface area contributed by atoms with Crippen molar-refractivity contribution in [1.82, 2.24) is 4.72 Å². The van der Waals surface area contributed by atoms with Gasteiger partial charge in [-0.15, -0.1) is 0 Å². The van der Waals surface area contributed by atoms with E-state index in [1.165, 1.54) is 63.8 Å². The fraction of sp³-hybridized carbons (Fsp3) is 0.391. The molecule has 0 saturated carbocycles. The summed E-state index contributed by atoms with van der Waals surface area (Å²) in [5.41, 5.74) is 2.23. The maximum atomic E-state index is 12.6. The highest BCUT2D eigenvalue weighted by Crippen LogP contribution is 2.22. The minimum atomic E-state index is -3.90. The Labute approximate surface area is 189 Å². The molecule has 0 bridgehead atoms. The van der Waals surface area contributed by atoms with E-state index in [1.807, 2.05) is 24.3 Å². The summed E-state index contributed by atoms with van der Waals surface area (Å²) in [6, 6.07) is 12.4. The Kier molecular flexibility index (Phi) is 7.87. The van der Waals surface area contributed by atoms with Gasteiger partial charge >= 0.3 is 0 Å². The minimum absolute atomic E-state index is 0.00746. The molecule has 3 rings (SSSR count). The molecule has 3 N–H and O–H groups in total. The number of nitrogens with one attached hydrogen (secondary N) is 3. The molecule has 0 radical (unpaired) electrons. The Morgan fingerprint density at radius 1 is 0.844 bits per heavy atom. The van der Waals surface area contributed by atoms with Crippen molar-refractivity contribution in [3.63, 3.8) is 0 Å². The zero-order valence-electron chi connectivity index (χ0n) is 18.4. The van der Waals surface area contributed by atoms with E-state index in [-0.39, 0.29) is 10.8 Å². The predicted molar refractivity (Wildman–Crippen MR) is 126 cm³/mol. The van der Waals surface area contributed by atoms with Gasteiger partial charge < -0.3 is 15.5 Å². The zero-order valence-corrected chi connectivity index (χ0v) is 19.2. The first kappa shape index (κ1) is 23.7. The zero-order chi connectivity index (χ0) is 23.1. The lowest BCUT2D eigenvalue weighted by Crippen LogP contribution is -2.41. The number of carbonyl (C=O) groups excluding carboxylic acids is 2. The number of nitrogens with zero attached hydrogens (tertiary/aromatic N) is 1. The molecule has 8 nitrogen and oxygen atoms in total. The van der Waals surface area contributed by atoms with E-state index in [2.05, 4.69) is 20.3 Å². The Hall–Kier alpha value is -2.91. The number of carbonyl (C=O) groups is 2. The molecule has 2 aromatic rings. The molecule has 1 aliphatic rings. The molecule has 1 atom stereocenters. The molecule has 1 aliphatic heterocycles. The van der Waals surface area contributed by atoms with Crippen molar-refractivity contribution in [2.45, 2.75) is 50.5 Å². The van der Waals surface area contributed by atoms with Crippen molar-refractivity contribution in [1.29, 1.82) is 0 Å². The molecule has 2 aromatic carbocycles. The van der Waals surface area contributed by atoms with E-state index in [1.54, 1.807) is 0 Å². The second-order valence-electron chi connectivity index (χ2n) is 7.99. The summed E-state index contributed by atoms with van der Waals surface area (Å²) in [6.07, 6.45) is 4.90. The minimum Gasteiger partial charge on any atom is -0.372 e. The lowest BCUT2D eigenvalue weighted by Gasteiger charge is -2.23. The van der Waals surface area contributed by atoms with Crippen LogP contribution in [-0.2, 0) is 19.6 Å². The molecular formula is C23H30N4O4S. The summed E-state index contributed by atoms with van der Waals surface area (Å²) in [5.74, 6) is -0.700. The molecule has 0 spiro atoms. The molecule has 0 aliphatic carbocycles. The van der Waals surface area contributed by atoms with E-state index in [0.717, 1.165) is 18.8 Å². The van der Waals surface area contributed by atoms with Gasteiger partial charge in [-0.2, -0.15) is 4.72 Å². The molecule has 172 valence electrons. The van der Waals surface area contributed by atoms with Crippen LogP contribution in [0.3, 0.4) is 0 Å². The second-order valence-corrected chi connectivity index (χ2v) is 9.70. The SMILES string of the molecule is CC(=O)Nc1ccc(S(=O)(=O)N[C@@H](C)C(=O)Nc2ccc(N3CCCCCC3)cc2)cc1. The first-order valence-corrected chi connectivity index (χ1v) is 12.3. The summed E-state index contributed by atoms with van der Waals surface area (Å²) < 4.78 is 27.6. The summed E-state index contributed by atoms with van der Waals surface area (Å²) in [6.45, 7) is 4.94. The van der Waals surface area contributed by atoms with Crippen LogP contribution < -0.4 is 20.3 Å². The number of sulfonamides is 1. The third-order valence-corrected chi connectivity index (χ3v) is 6.87. The van der Waals surface area contributed by atoms with Gasteiger partial charge in [0.15, 0.2) is 0 Å². The van der Waals surface area contributed by atoms with Crippen molar-refractivity contribution in [2.75, 3.05) is 28.6 Å². The molecule has 1 fully saturated rings. The fourth-order valence-electron chi connectivity index (χ4n) is 3.61. The van der Waals surface area contributed by atoms with E-state index in [0.29, 0.717) is 11.4 Å². The van der Waals surface area contributed by atoms with Crippen LogP contribution in [0.2, 0.25) is 0 Å². The number of anilines is 3. The monoisotopic (exact) mass is 458 g/mol. The van der Waals surface area contributed by atoms with Crippen LogP contribution in [0.15, 0.2) is 53.4 Å². The highest BCUT2D eigenvalue weighted by Gasteiger charge is 2.22. The molecule has 0 aromatic heterocycles. The van der Waals surface area contributed by atoms with Crippen LogP contribution in [0.1, 0.15) is 39.5 Å². The van der Waals surface area contributed by atoms with Crippen molar-refractivity contribution >= 4 is 38.9 Å². The van der Waals surface area contributed by atoms with E-state index in [9.17, 15) is 18.0 Å². The Morgan fingerprint density at radius 2 is 1.38 bits per heavy atom. The van der Waals surface area contributed by atoms with Gasteiger partial charge in [0.25, 0.3) is 0 Å². The Morgan fingerprint density at radius 3 is 1.94 bits per heavy atom. The van der Waals surface area contributed by atoms with Crippen molar-refractivity contribution in [3.05, 3.63) is 48.5 Å². The van der Waals surface area contributed by atoms with Crippen molar-refractivity contribution in [3.8, 4) is 0 Å². The maximum absolute atomic E-state index is 12.6. The molecule has 9 heteroatoms. The smallest absolute Gasteiger partial charge is 0.242 e. The summed E-state index contributed by atoms with van der Waals surface area (Å²) in [7, 11) is -3.90. The van der Waals surface area contributed by atoms with Gasteiger partial charge in [0, 0.05) is 37.1 Å². The van der Waals surface area contributed by atoms with E-state index >= 15 is 0 Å². The second kappa shape index (κ2) is 10.6. The van der Waals surface area contributed by atoms with Crippen LogP contribution in [0.25, 0.3) is 0 Å². The van der Waals surface area contributed by atoms with E-state index in [4.69, 9.17) is 0 Å². The summed E-state index contributed by atoms with van der Waals surface area (Å²) in [5, 5.41) is 5.33. The number of benzene rings is 2. The summed E-state index contributed by atoms with van der Waals surface area (Å²) >= 11 is 0. The van der Waals surface area contributed by atoms with Crippen LogP contribution in [-0.4, -0.2) is 39.4 Å². The van der Waals surface area contributed by atoms with Gasteiger partial charge in [-0.25, -0.2) is 8.42 Å². The van der Waals surface area contributed by atoms with Gasteiger partial charge in [-0.1, -0.05) is 12.8 Å². The number of hydrogen-bond donors (Lipinski definition) is 3. The van der Waals surface area contributed by atoms with E-state index < -0.39 is 22.0 Å². The van der Waals surface area contributed by atoms with Crippen LogP contribution in [0, 0.1) is 0 Å². The lowest BCUT2D eigenvalue weighted by atomic mass is 10.2. The summed E-state index contributed by atoms with van der Waals surface area (Å²) in [4.78, 5) is 26.0. The maximum Gasteiger partial charge on any atom is 0.242 e. The normalized spacial score (nSPS) is 15.5. The molecule has 1 heterocycles. The Bertz CT molecular complexity index is 1030. The van der Waals surface area contributed by atoms with Gasteiger partial charge in [0.05, 0.1) is 10.9 Å².